The summed E-state index contributed by atoms with van der Waals surface area (Å²) in [6.45, 7) is 18.5. The molecule has 2 aliphatic heterocycles. The highest BCUT2D eigenvalue weighted by molar-refractivity contribution is 7.88. The third-order valence-corrected chi connectivity index (χ3v) is 7.54. The first-order valence-electron chi connectivity index (χ1n) is 10.3. The van der Waals surface area contributed by atoms with E-state index in [0.29, 0.717) is 35.8 Å². The lowest BCUT2D eigenvalue weighted by Gasteiger charge is -2.39. The molecule has 2 fully saturated rings. The maximum Gasteiger partial charge on any atom is 0.219 e. The van der Waals surface area contributed by atoms with Crippen molar-refractivity contribution in [2.24, 2.45) is 22.7 Å². The fourth-order valence-electron chi connectivity index (χ4n) is 4.02. The highest BCUT2D eigenvalue weighted by Gasteiger charge is 2.31. The van der Waals surface area contributed by atoms with Crippen LogP contribution < -0.4 is 0 Å². The summed E-state index contributed by atoms with van der Waals surface area (Å²) in [6.07, 6.45) is 5.73. The van der Waals surface area contributed by atoms with E-state index in [1.165, 1.54) is 19.1 Å². The zero-order valence-electron chi connectivity index (χ0n) is 18.8. The Morgan fingerprint density at radius 1 is 0.828 bits per heavy atom. The minimum atomic E-state index is -2.96. The molecule has 0 spiro atoms. The molecule has 0 radical (unpaired) electrons. The molecule has 0 aliphatic carbocycles. The largest absolute Gasteiger partial charge is 0.343 e. The van der Waals surface area contributed by atoms with E-state index < -0.39 is 10.0 Å². The average Bonchev–Trinajstić information content (AvgIpc) is 2.53. The summed E-state index contributed by atoms with van der Waals surface area (Å²) in [6, 6.07) is 0. The lowest BCUT2D eigenvalue weighted by molar-refractivity contribution is -0.131. The fourth-order valence-corrected chi connectivity index (χ4v) is 4.90. The van der Waals surface area contributed by atoms with Gasteiger partial charge in [-0.2, -0.15) is 0 Å². The van der Waals surface area contributed by atoms with Crippen LogP contribution in [0, 0.1) is 22.7 Å². The highest BCUT2D eigenvalue weighted by Crippen LogP contribution is 2.35. The Hall–Kier alpha value is -0.620. The third-order valence-electron chi connectivity index (χ3n) is 6.24. The molecule has 0 bridgehead atoms. The van der Waals surface area contributed by atoms with Crippen molar-refractivity contribution < 1.29 is 13.2 Å². The molecule has 1 unspecified atom stereocenters. The van der Waals surface area contributed by atoms with Crippen molar-refractivity contribution in [3.63, 3.8) is 0 Å². The number of hydrogen-bond donors (Lipinski definition) is 0. The summed E-state index contributed by atoms with van der Waals surface area (Å²) < 4.78 is 24.1. The normalized spacial score (nSPS) is 21.9. The van der Waals surface area contributed by atoms with Crippen molar-refractivity contribution in [1.29, 1.82) is 0 Å². The predicted octanol–water partition coefficient (Wildman–Crippen LogP) is 5.27. The summed E-state index contributed by atoms with van der Waals surface area (Å²) in [5.41, 5.74) is 0.651. The second-order valence-electron chi connectivity index (χ2n) is 10.5. The highest BCUT2D eigenvalue weighted by atomic mass is 32.2. The Bertz CT molecular complexity index is 580. The van der Waals surface area contributed by atoms with Crippen molar-refractivity contribution in [3.8, 4) is 0 Å². The van der Waals surface area contributed by atoms with Gasteiger partial charge in [0.2, 0.25) is 15.9 Å². The molecule has 0 saturated carbocycles. The van der Waals surface area contributed by atoms with Gasteiger partial charge < -0.3 is 4.90 Å². The number of carbonyl (C=O) groups excluding carboxylic acids is 1. The molecular weight excluding hydrogens is 384 g/mol. The van der Waals surface area contributed by atoms with E-state index >= 15 is 0 Å². The predicted molar refractivity (Wildman–Crippen MR) is 126 cm³/mol. The van der Waals surface area contributed by atoms with Crippen LogP contribution in [-0.2, 0) is 14.8 Å². The Morgan fingerprint density at radius 3 is 1.62 bits per heavy atom. The molecule has 0 aromatic carbocycles. The Balaban J connectivity index is 0. The molecule has 0 aromatic heterocycles. The van der Waals surface area contributed by atoms with Gasteiger partial charge in [-0.1, -0.05) is 56.4 Å². The maximum absolute atomic E-state index is 11.3. The van der Waals surface area contributed by atoms with Crippen LogP contribution in [0.3, 0.4) is 0 Å². The third kappa shape index (κ3) is 10.3. The van der Waals surface area contributed by atoms with Gasteiger partial charge in [0.1, 0.15) is 0 Å². The summed E-state index contributed by atoms with van der Waals surface area (Å²) in [7, 11) is -2.96. The van der Waals surface area contributed by atoms with E-state index in [-0.39, 0.29) is 20.8 Å². The number of piperidine rings is 2. The molecular formula is C23H50N2O3S. The standard InChI is InChI=1S/C11H21NO.C10H21NO2S.2CH4/c1-9(13)12-7-5-6-10(8-12)11(2,3)4;1-10(2,3)9-5-7-11(8-6-9)14(4,12)13;;/h10H,5-8H2,1-4H3;9H,5-8H2,1-4H3;2*1H4. The van der Waals surface area contributed by atoms with E-state index in [4.69, 9.17) is 0 Å². The molecule has 29 heavy (non-hydrogen) atoms. The van der Waals surface area contributed by atoms with Crippen LogP contribution in [0.4, 0.5) is 0 Å². The van der Waals surface area contributed by atoms with Crippen LogP contribution in [0.2, 0.25) is 0 Å². The number of rotatable bonds is 1. The minimum absolute atomic E-state index is 0. The first-order valence-corrected chi connectivity index (χ1v) is 12.2. The van der Waals surface area contributed by atoms with Crippen LogP contribution in [0.1, 0.15) is 89.0 Å². The van der Waals surface area contributed by atoms with Gasteiger partial charge in [0.25, 0.3) is 0 Å². The van der Waals surface area contributed by atoms with Crippen molar-refractivity contribution in [2.75, 3.05) is 32.4 Å². The van der Waals surface area contributed by atoms with E-state index in [9.17, 15) is 13.2 Å². The summed E-state index contributed by atoms with van der Waals surface area (Å²) in [5, 5.41) is 0. The summed E-state index contributed by atoms with van der Waals surface area (Å²) in [5.74, 6) is 1.56. The van der Waals surface area contributed by atoms with Gasteiger partial charge in [-0.15, -0.1) is 0 Å². The van der Waals surface area contributed by atoms with E-state index in [1.54, 1.807) is 11.2 Å². The maximum atomic E-state index is 11.3. The number of sulfonamides is 1. The molecule has 2 saturated heterocycles. The summed E-state index contributed by atoms with van der Waals surface area (Å²) in [4.78, 5) is 13.2. The molecule has 1 atom stereocenters. The zero-order valence-corrected chi connectivity index (χ0v) is 19.7. The molecule has 2 aliphatic rings. The van der Waals surface area contributed by atoms with Crippen LogP contribution in [-0.4, -0.2) is 56.0 Å². The molecule has 5 nitrogen and oxygen atoms in total. The Morgan fingerprint density at radius 2 is 1.28 bits per heavy atom. The van der Waals surface area contributed by atoms with Crippen LogP contribution in [0.25, 0.3) is 0 Å². The lowest BCUT2D eigenvalue weighted by atomic mass is 9.76. The number of amides is 1. The Labute approximate surface area is 182 Å². The molecule has 1 amide bonds. The van der Waals surface area contributed by atoms with E-state index in [2.05, 4.69) is 41.5 Å². The van der Waals surface area contributed by atoms with Gasteiger partial charge in [0.05, 0.1) is 6.26 Å². The van der Waals surface area contributed by atoms with Gasteiger partial charge in [-0.3, -0.25) is 4.79 Å². The van der Waals surface area contributed by atoms with Crippen LogP contribution in [0.15, 0.2) is 0 Å². The summed E-state index contributed by atoms with van der Waals surface area (Å²) >= 11 is 0. The van der Waals surface area contributed by atoms with Gasteiger partial charge in [0, 0.05) is 33.1 Å². The second kappa shape index (κ2) is 11.7. The molecule has 0 aromatic rings. The first kappa shape index (κ1) is 30.6. The van der Waals surface area contributed by atoms with Crippen LogP contribution >= 0.6 is 0 Å². The van der Waals surface area contributed by atoms with E-state index in [1.807, 2.05) is 4.90 Å². The number of carbonyl (C=O) groups is 1. The van der Waals surface area contributed by atoms with Gasteiger partial charge in [0.15, 0.2) is 0 Å². The van der Waals surface area contributed by atoms with Crippen molar-refractivity contribution in [3.05, 3.63) is 0 Å². The fraction of sp³-hybridized carbons (Fsp3) is 0.957. The van der Waals surface area contributed by atoms with Crippen molar-refractivity contribution in [2.45, 2.75) is 89.0 Å². The molecule has 6 heteroatoms. The zero-order chi connectivity index (χ0) is 21.0. The van der Waals surface area contributed by atoms with Crippen LogP contribution in [0.5, 0.6) is 0 Å². The number of likely N-dealkylation sites (tertiary alicyclic amines) is 1. The number of nitrogens with zero attached hydrogens (tertiary/aromatic N) is 2. The second-order valence-corrected chi connectivity index (χ2v) is 12.5. The van der Waals surface area contributed by atoms with E-state index in [0.717, 1.165) is 25.9 Å². The molecule has 0 N–H and O–H groups in total. The van der Waals surface area contributed by atoms with Crippen molar-refractivity contribution >= 4 is 15.9 Å². The number of hydrogen-bond acceptors (Lipinski definition) is 3. The molecule has 2 heterocycles. The first-order chi connectivity index (χ1) is 12.1. The quantitative estimate of drug-likeness (QED) is 0.565. The smallest absolute Gasteiger partial charge is 0.219 e. The molecule has 176 valence electrons. The monoisotopic (exact) mass is 434 g/mol. The SMILES string of the molecule is C.C.CC(=O)N1CCCC(C(C)(C)C)C1.CC(C)(C)C1CCN(S(C)(=O)=O)CC1. The lowest BCUT2D eigenvalue weighted by Crippen LogP contribution is -2.42. The van der Waals surface area contributed by atoms with Gasteiger partial charge in [-0.25, -0.2) is 12.7 Å². The molecule has 2 rings (SSSR count). The van der Waals surface area contributed by atoms with Gasteiger partial charge >= 0.3 is 0 Å². The van der Waals surface area contributed by atoms with Gasteiger partial charge in [-0.05, 0) is 48.3 Å². The average molecular weight is 435 g/mol. The Kier molecular flexibility index (Phi) is 12.3. The minimum Gasteiger partial charge on any atom is -0.343 e. The van der Waals surface area contributed by atoms with Crippen molar-refractivity contribution in [1.82, 2.24) is 9.21 Å². The topological polar surface area (TPSA) is 57.7 Å².